The Kier molecular flexibility index (Phi) is 10.2. The number of amides is 2. The summed E-state index contributed by atoms with van der Waals surface area (Å²) in [5.74, 6) is -0.0363. The molecule has 1 N–H and O–H groups in total. The Balaban J connectivity index is 1.96. The van der Waals surface area contributed by atoms with Gasteiger partial charge in [-0.1, -0.05) is 102 Å². The molecule has 0 aliphatic carbocycles. The Morgan fingerprint density at radius 3 is 2.26 bits per heavy atom. The summed E-state index contributed by atoms with van der Waals surface area (Å²) in [5.41, 5.74) is 2.65. The summed E-state index contributed by atoms with van der Waals surface area (Å²) in [5, 5.41) is 3.86. The largest absolute Gasteiger partial charge is 0.354 e. The van der Waals surface area contributed by atoms with Crippen LogP contribution in [0.25, 0.3) is 0 Å². The fourth-order valence-electron chi connectivity index (χ4n) is 3.73. The van der Waals surface area contributed by atoms with Crippen LogP contribution in [0.2, 0.25) is 10.0 Å². The summed E-state index contributed by atoms with van der Waals surface area (Å²) in [6, 6.07) is 22.0. The van der Waals surface area contributed by atoms with Crippen LogP contribution in [0.4, 0.5) is 0 Å². The van der Waals surface area contributed by atoms with E-state index in [2.05, 4.69) is 21.2 Å². The van der Waals surface area contributed by atoms with Crippen LogP contribution in [0, 0.1) is 5.92 Å². The van der Waals surface area contributed by atoms with E-state index in [-0.39, 0.29) is 18.2 Å². The van der Waals surface area contributed by atoms with E-state index in [0.29, 0.717) is 35.5 Å². The van der Waals surface area contributed by atoms with E-state index >= 15 is 0 Å². The number of hydrogen-bond acceptors (Lipinski definition) is 2. The van der Waals surface area contributed by atoms with E-state index < -0.39 is 6.04 Å². The van der Waals surface area contributed by atoms with E-state index in [9.17, 15) is 9.59 Å². The van der Waals surface area contributed by atoms with Crippen molar-refractivity contribution in [2.24, 2.45) is 5.92 Å². The quantitative estimate of drug-likeness (QED) is 0.292. The highest BCUT2D eigenvalue weighted by molar-refractivity contribution is 9.10. The zero-order chi connectivity index (χ0) is 25.4. The summed E-state index contributed by atoms with van der Waals surface area (Å²) in [4.78, 5) is 28.9. The van der Waals surface area contributed by atoms with E-state index in [1.807, 2.05) is 68.4 Å². The lowest BCUT2D eigenvalue weighted by atomic mass is 10.0. The number of nitrogens with one attached hydrogen (secondary N) is 1. The molecule has 3 aromatic carbocycles. The predicted molar refractivity (Wildman–Crippen MR) is 147 cm³/mol. The lowest BCUT2D eigenvalue weighted by Gasteiger charge is -2.32. The van der Waals surface area contributed by atoms with Crippen molar-refractivity contribution < 1.29 is 9.59 Å². The Bertz CT molecular complexity index is 1150. The number of halogens is 3. The van der Waals surface area contributed by atoms with Crippen molar-refractivity contribution in [2.45, 2.75) is 39.3 Å². The average molecular weight is 576 g/mol. The van der Waals surface area contributed by atoms with Gasteiger partial charge in [-0.3, -0.25) is 9.59 Å². The number of hydrogen-bond donors (Lipinski definition) is 1. The monoisotopic (exact) mass is 574 g/mol. The molecule has 0 heterocycles. The second kappa shape index (κ2) is 13.1. The van der Waals surface area contributed by atoms with E-state index in [4.69, 9.17) is 23.2 Å². The van der Waals surface area contributed by atoms with Gasteiger partial charge in [0.2, 0.25) is 11.8 Å². The lowest BCUT2D eigenvalue weighted by molar-refractivity contribution is -0.140. The van der Waals surface area contributed by atoms with E-state index in [1.165, 1.54) is 0 Å². The normalized spacial score (nSPS) is 11.8. The van der Waals surface area contributed by atoms with Crippen LogP contribution in [0.15, 0.2) is 77.3 Å². The molecule has 0 radical (unpaired) electrons. The third-order valence-electron chi connectivity index (χ3n) is 5.54. The molecule has 0 aromatic heterocycles. The molecule has 0 aliphatic rings. The third kappa shape index (κ3) is 8.38. The number of nitrogens with zero attached hydrogens (tertiary/aromatic N) is 1. The summed E-state index contributed by atoms with van der Waals surface area (Å²) in [6.45, 7) is 4.92. The summed E-state index contributed by atoms with van der Waals surface area (Å²) in [7, 11) is 0. The van der Waals surface area contributed by atoms with Gasteiger partial charge in [0.05, 0.1) is 16.5 Å². The highest BCUT2D eigenvalue weighted by Crippen LogP contribution is 2.24. The second-order valence-corrected chi connectivity index (χ2v) is 10.7. The van der Waals surface area contributed by atoms with Gasteiger partial charge in [0.15, 0.2) is 0 Å². The van der Waals surface area contributed by atoms with Crippen LogP contribution in [-0.4, -0.2) is 29.3 Å². The van der Waals surface area contributed by atoms with E-state index in [0.717, 1.165) is 21.2 Å². The standard InChI is InChI=1S/C28H29BrCl2N2O2/c1-19(2)17-32-28(35)26(15-20-7-4-3-5-8-20)33(18-22-9-6-10-23(29)13-22)27(34)16-21-11-12-24(30)25(31)14-21/h3-14,19,26H,15-18H2,1-2H3,(H,32,35)/t26-/m0/s1. The second-order valence-electron chi connectivity index (χ2n) is 8.92. The molecule has 7 heteroatoms. The number of benzene rings is 3. The molecule has 184 valence electrons. The Labute approximate surface area is 225 Å². The van der Waals surface area contributed by atoms with Crippen molar-refractivity contribution in [3.05, 3.63) is 104 Å². The third-order valence-corrected chi connectivity index (χ3v) is 6.77. The molecule has 0 saturated heterocycles. The van der Waals surface area contributed by atoms with Gasteiger partial charge >= 0.3 is 0 Å². The van der Waals surface area contributed by atoms with Gasteiger partial charge in [-0.2, -0.15) is 0 Å². The fourth-order valence-corrected chi connectivity index (χ4v) is 4.50. The minimum Gasteiger partial charge on any atom is -0.354 e. The van der Waals surface area contributed by atoms with Crippen molar-refractivity contribution in [2.75, 3.05) is 6.54 Å². The van der Waals surface area contributed by atoms with Crippen molar-refractivity contribution >= 4 is 50.9 Å². The van der Waals surface area contributed by atoms with Gasteiger partial charge in [-0.25, -0.2) is 0 Å². The SMILES string of the molecule is CC(C)CNC(=O)[C@H](Cc1ccccc1)N(Cc1cccc(Br)c1)C(=O)Cc1ccc(Cl)c(Cl)c1. The van der Waals surface area contributed by atoms with Crippen LogP contribution >= 0.6 is 39.1 Å². The lowest BCUT2D eigenvalue weighted by Crippen LogP contribution is -2.51. The number of carbonyl (C=O) groups is 2. The van der Waals surface area contributed by atoms with Gasteiger partial charge in [0.1, 0.15) is 6.04 Å². The van der Waals surface area contributed by atoms with Crippen LogP contribution < -0.4 is 5.32 Å². The first-order valence-electron chi connectivity index (χ1n) is 11.5. The van der Waals surface area contributed by atoms with Crippen molar-refractivity contribution in [3.8, 4) is 0 Å². The molecular weight excluding hydrogens is 547 g/mol. The summed E-state index contributed by atoms with van der Waals surface area (Å²) < 4.78 is 0.913. The fraction of sp³-hybridized carbons (Fsp3) is 0.286. The van der Waals surface area contributed by atoms with Crippen molar-refractivity contribution in [1.82, 2.24) is 10.2 Å². The highest BCUT2D eigenvalue weighted by atomic mass is 79.9. The van der Waals surface area contributed by atoms with E-state index in [1.54, 1.807) is 23.1 Å². The molecule has 1 atom stereocenters. The molecule has 0 spiro atoms. The molecule has 2 amide bonds. The molecule has 3 rings (SSSR count). The van der Waals surface area contributed by atoms with Crippen molar-refractivity contribution in [3.63, 3.8) is 0 Å². The van der Waals surface area contributed by atoms with Gasteiger partial charge < -0.3 is 10.2 Å². The first-order chi connectivity index (χ1) is 16.7. The Morgan fingerprint density at radius 2 is 1.60 bits per heavy atom. The molecule has 35 heavy (non-hydrogen) atoms. The number of rotatable bonds is 10. The molecule has 4 nitrogen and oxygen atoms in total. The van der Waals surface area contributed by atoms with Gasteiger partial charge in [0, 0.05) is 24.0 Å². The van der Waals surface area contributed by atoms with Gasteiger partial charge in [-0.15, -0.1) is 0 Å². The molecule has 0 saturated carbocycles. The number of carbonyl (C=O) groups excluding carboxylic acids is 2. The smallest absolute Gasteiger partial charge is 0.243 e. The van der Waals surface area contributed by atoms with Crippen LogP contribution in [0.5, 0.6) is 0 Å². The zero-order valence-corrected chi connectivity index (χ0v) is 22.9. The molecule has 0 fully saturated rings. The molecule has 0 aliphatic heterocycles. The minimum atomic E-state index is -0.676. The maximum atomic E-state index is 13.7. The molecular formula is C28H29BrCl2N2O2. The van der Waals surface area contributed by atoms with Crippen LogP contribution in [-0.2, 0) is 29.0 Å². The first kappa shape index (κ1) is 27.3. The Hall–Kier alpha value is -2.34. The summed E-state index contributed by atoms with van der Waals surface area (Å²) >= 11 is 15.8. The first-order valence-corrected chi connectivity index (χ1v) is 13.1. The maximum Gasteiger partial charge on any atom is 0.243 e. The Morgan fingerprint density at radius 1 is 0.886 bits per heavy atom. The topological polar surface area (TPSA) is 49.4 Å². The van der Waals surface area contributed by atoms with Crippen molar-refractivity contribution in [1.29, 1.82) is 0 Å². The minimum absolute atomic E-state index is 0.105. The zero-order valence-electron chi connectivity index (χ0n) is 19.8. The van der Waals surface area contributed by atoms with Gasteiger partial charge in [-0.05, 0) is 46.9 Å². The maximum absolute atomic E-state index is 13.7. The van der Waals surface area contributed by atoms with Gasteiger partial charge in [0.25, 0.3) is 0 Å². The van der Waals surface area contributed by atoms with Crippen LogP contribution in [0.3, 0.4) is 0 Å². The molecule has 3 aromatic rings. The van der Waals surface area contributed by atoms with Crippen LogP contribution in [0.1, 0.15) is 30.5 Å². The molecule has 0 unspecified atom stereocenters. The molecule has 0 bridgehead atoms. The average Bonchev–Trinajstić information content (AvgIpc) is 2.82. The summed E-state index contributed by atoms with van der Waals surface area (Å²) in [6.07, 6.45) is 0.513. The highest BCUT2D eigenvalue weighted by Gasteiger charge is 2.30. The predicted octanol–water partition coefficient (Wildman–Crippen LogP) is 6.71.